The normalized spacial score (nSPS) is 13.7. The van der Waals surface area contributed by atoms with E-state index in [2.05, 4.69) is 60.5 Å². The van der Waals surface area contributed by atoms with Crippen LogP contribution in [0.15, 0.2) is 251 Å². The van der Waals surface area contributed by atoms with Gasteiger partial charge in [0.15, 0.2) is 5.58 Å². The van der Waals surface area contributed by atoms with Gasteiger partial charge in [0.2, 0.25) is 28.6 Å². The number of furan rings is 2. The van der Waals surface area contributed by atoms with E-state index in [-0.39, 0.29) is 52.1 Å². The van der Waals surface area contributed by atoms with Gasteiger partial charge in [-0.1, -0.05) is 121 Å². The molecule has 0 atom stereocenters. The van der Waals surface area contributed by atoms with Gasteiger partial charge in [-0.05, 0) is 196 Å². The molecule has 25 heteroatoms. The molecule has 2 saturated heterocycles. The van der Waals surface area contributed by atoms with Crippen LogP contribution in [0.1, 0.15) is 68.7 Å². The van der Waals surface area contributed by atoms with E-state index in [9.17, 15) is 48.0 Å². The third-order valence-corrected chi connectivity index (χ3v) is 23.6. The first-order chi connectivity index (χ1) is 63.1. The maximum atomic E-state index is 14.4. The molecular weight excluding hydrogens is 1660 g/mol. The fourth-order valence-electron chi connectivity index (χ4n) is 17.2. The molecular formula is C106H81F3N12O10. The second-order valence-corrected chi connectivity index (χ2v) is 33.4. The van der Waals surface area contributed by atoms with Crippen molar-refractivity contribution in [1.82, 2.24) is 25.3 Å². The number of nitrogens with two attached hydrogens (primary N) is 1. The Labute approximate surface area is 749 Å². The standard InChI is InChI=1S/C32H33F2N3O3.C28H23FN4O3.C23H11N3O2.C23H14N2O2/c1-19-6-5-7-25(30(19)38)27-18-35-28-9-8-20(21-14-22(33)17-23(34)15-21)16-26(28)29(27)37-12-10-24(11-13-37)36-31(39)40-32(2,3)4;1-15-9-17(11-18(29)10-15)22-14-32-23-4-3-16(20-13-24(34)28(36)25(31-2)27(20)35)12-21(23)26(22)33-7-5-19(30)6-8-33;1-24-19-7-3-5-14(21(19)27)13-9-10-18-16(11-13)22-17(12-26-18)15-6-4-8-20(25-2)23(15)28-22;1-13-5-3-7-16-21-17-11-14(15-6-4-8-19(24-2)22(15)26)9-10-18(17)25-12-20(21)27-23(13)16/h5-9,14-18,24,38H,10-13H2,1-4H3,(H,36,39);3-4,9-14,19,35H,5-8,30H2,1H3;3-12,27H;3-12,26H,1H3. The van der Waals surface area contributed by atoms with Crippen LogP contribution >= 0.6 is 0 Å². The number of hydrogen-bond donors (Lipinski definition) is 6. The van der Waals surface area contributed by atoms with Gasteiger partial charge in [-0.3, -0.25) is 29.5 Å². The van der Waals surface area contributed by atoms with E-state index in [4.69, 9.17) is 45.6 Å². The van der Waals surface area contributed by atoms with Crippen LogP contribution in [0.25, 0.3) is 168 Å². The number of para-hydroxylation sites is 5. The molecule has 17 aromatic rings. The predicted molar refractivity (Wildman–Crippen MR) is 505 cm³/mol. The molecule has 0 unspecified atom stereocenters. The van der Waals surface area contributed by atoms with E-state index >= 15 is 0 Å². The lowest BCUT2D eigenvalue weighted by Crippen LogP contribution is -2.46. The summed E-state index contributed by atoms with van der Waals surface area (Å²) in [5.74, 6) is -3.92. The van der Waals surface area contributed by atoms with Crippen molar-refractivity contribution in [2.75, 3.05) is 36.0 Å². The molecule has 6 aromatic heterocycles. The number of aliphatic hydroxyl groups excluding tert-OH is 1. The lowest BCUT2D eigenvalue weighted by molar-refractivity contribution is -0.131. The maximum absolute atomic E-state index is 14.4. The van der Waals surface area contributed by atoms with Crippen LogP contribution in [-0.2, 0) is 14.3 Å². The number of aromatic hydroxyl groups is 3. The monoisotopic (exact) mass is 1740 g/mol. The number of carbonyl (C=O) groups excluding carboxylic acids is 3. The number of halogens is 3. The summed E-state index contributed by atoms with van der Waals surface area (Å²) >= 11 is 0. The number of aromatic nitrogens is 4. The van der Waals surface area contributed by atoms with Crippen LogP contribution in [0.2, 0.25) is 0 Å². The minimum atomic E-state index is -1.03. The number of alkyl carbamates (subject to hydrolysis) is 1. The van der Waals surface area contributed by atoms with Crippen LogP contribution in [0.5, 0.6) is 17.2 Å². The number of Topliss-reactive ketones (excluding diaryl/α,β-unsaturated/α-hetero) is 1. The van der Waals surface area contributed by atoms with Gasteiger partial charge < -0.3 is 54.8 Å². The van der Waals surface area contributed by atoms with Gasteiger partial charge in [-0.2, -0.15) is 0 Å². The first-order valence-corrected chi connectivity index (χ1v) is 42.1. The van der Waals surface area contributed by atoms with Crippen LogP contribution in [0.4, 0.5) is 46.4 Å². The summed E-state index contributed by atoms with van der Waals surface area (Å²) in [6, 6.07) is 58.1. The van der Waals surface area contributed by atoms with Crippen LogP contribution in [0, 0.1) is 64.5 Å². The Morgan fingerprint density at radius 3 is 1.60 bits per heavy atom. The Bertz CT molecular complexity index is 7820. The van der Waals surface area contributed by atoms with Crippen molar-refractivity contribution in [3.63, 3.8) is 0 Å². The quantitative estimate of drug-likeness (QED) is 0.0445. The summed E-state index contributed by atoms with van der Waals surface area (Å²) in [5.41, 5.74) is 23.3. The first-order valence-electron chi connectivity index (χ1n) is 42.1. The Kier molecular flexibility index (Phi) is 23.5. The molecule has 22 nitrogen and oxygen atoms in total. The number of rotatable bonds is 9. The summed E-state index contributed by atoms with van der Waals surface area (Å²) in [7, 11) is 0. The van der Waals surface area contributed by atoms with Gasteiger partial charge >= 0.3 is 6.09 Å². The van der Waals surface area contributed by atoms with Gasteiger partial charge in [0.25, 0.3) is 5.70 Å². The van der Waals surface area contributed by atoms with E-state index < -0.39 is 46.4 Å². The maximum Gasteiger partial charge on any atom is 0.407 e. The Balaban J connectivity index is 0.000000124. The number of phenols is 3. The van der Waals surface area contributed by atoms with Crippen molar-refractivity contribution in [3.05, 3.63) is 328 Å². The minimum Gasteiger partial charge on any atom is -0.518 e. The number of piperidine rings is 2. The van der Waals surface area contributed by atoms with Crippen LogP contribution in [0.3, 0.4) is 0 Å². The fraction of sp³-hybridized carbons (Fsp3) is 0.160. The lowest BCUT2D eigenvalue weighted by Gasteiger charge is -2.36. The van der Waals surface area contributed by atoms with Crippen molar-refractivity contribution in [2.24, 2.45) is 5.73 Å². The Morgan fingerprint density at radius 1 is 0.466 bits per heavy atom. The molecule has 8 heterocycles. The number of allylic oxidation sites excluding steroid dienone is 3. The predicted octanol–water partition coefficient (Wildman–Crippen LogP) is 24.8. The number of anilines is 2. The third-order valence-electron chi connectivity index (χ3n) is 23.6. The zero-order valence-corrected chi connectivity index (χ0v) is 71.7. The number of fused-ring (bicyclic) bond motifs is 12. The summed E-state index contributed by atoms with van der Waals surface area (Å²) in [6.07, 6.45) is 10.6. The third kappa shape index (κ3) is 17.1. The molecule has 0 radical (unpaired) electrons. The number of aliphatic hydroxyl groups is 1. The Hall–Kier alpha value is -16.7. The summed E-state index contributed by atoms with van der Waals surface area (Å²) < 4.78 is 60.0. The van der Waals surface area contributed by atoms with Gasteiger partial charge in [0.1, 0.15) is 62.8 Å². The number of aryl methyl sites for hydroxylation is 3. The highest BCUT2D eigenvalue weighted by molar-refractivity contribution is 6.50. The van der Waals surface area contributed by atoms with Gasteiger partial charge in [-0.25, -0.2) is 37.3 Å². The molecule has 2 aliphatic heterocycles. The number of nitrogens with one attached hydrogen (secondary N) is 1. The summed E-state index contributed by atoms with van der Waals surface area (Å²) in [5, 5.41) is 52.5. The fourth-order valence-corrected chi connectivity index (χ4v) is 17.2. The topological polar surface area (TPSA) is 281 Å². The van der Waals surface area contributed by atoms with Crippen LogP contribution < -0.4 is 20.9 Å². The number of amides is 1. The number of hydrogen-bond acceptors (Lipinski definition) is 17. The molecule has 646 valence electrons. The van der Waals surface area contributed by atoms with Gasteiger partial charge in [0.05, 0.1) is 65.9 Å². The second-order valence-electron chi connectivity index (χ2n) is 33.4. The van der Waals surface area contributed by atoms with Crippen molar-refractivity contribution < 1.29 is 61.6 Å². The zero-order valence-electron chi connectivity index (χ0n) is 71.7. The molecule has 3 aliphatic rings. The Morgan fingerprint density at radius 2 is 0.969 bits per heavy atom. The van der Waals surface area contributed by atoms with Crippen LogP contribution in [-0.4, -0.2) is 102 Å². The van der Waals surface area contributed by atoms with Crippen molar-refractivity contribution >= 4 is 139 Å². The molecule has 0 saturated carbocycles. The summed E-state index contributed by atoms with van der Waals surface area (Å²) in [6.45, 7) is 42.9. The molecule has 0 spiro atoms. The average molecular weight is 1740 g/mol. The van der Waals surface area contributed by atoms with E-state index in [1.54, 1.807) is 85.5 Å². The number of carbonyl (C=O) groups is 3. The number of ketones is 2. The van der Waals surface area contributed by atoms with E-state index in [0.29, 0.717) is 100 Å². The average Bonchev–Trinajstić information content (AvgIpc) is 1.73. The van der Waals surface area contributed by atoms with Gasteiger partial charge in [-0.15, -0.1) is 0 Å². The SMILES string of the molecule is Cc1cccc(-c2cnc3ccc(-c4cc(F)cc(F)c4)cc3c2N2CCC(NC(=O)OC(C)(C)C)CC2)c1O.[C-]#[N+]C1=C(O)C(c2ccc3ncc(-c4cc(C)cc(F)c4)c(N4CCC(N)CC4)c3c2)=CC(=O)C1=O.[C-]#[N+]c1cccc(-c2ccc3ncc4c5cccc([N+]#[C-])c5oc4c3c2)c1O.[C-]#[N+]c1cccc(-c2ccc3ncc4oc5c(C)cccc5c4c3c2)c1O. The molecule has 11 aromatic carbocycles. The smallest absolute Gasteiger partial charge is 0.407 e. The highest BCUT2D eigenvalue weighted by Crippen LogP contribution is 2.48. The van der Waals surface area contributed by atoms with Gasteiger partial charge in [0, 0.05) is 139 Å². The zero-order chi connectivity index (χ0) is 92.0. The largest absolute Gasteiger partial charge is 0.518 e. The highest BCUT2D eigenvalue weighted by atomic mass is 19.1. The van der Waals surface area contributed by atoms with Crippen molar-refractivity contribution in [1.29, 1.82) is 0 Å². The number of ether oxygens (including phenoxy) is 1. The number of pyridine rings is 4. The molecule has 2 fully saturated rings. The number of benzene rings is 11. The number of nitrogens with zero attached hydrogens (tertiary/aromatic N) is 10. The van der Waals surface area contributed by atoms with E-state index in [1.165, 1.54) is 24.3 Å². The highest BCUT2D eigenvalue weighted by Gasteiger charge is 2.33. The number of phenolic OH excluding ortho intramolecular Hbond substituents is 3. The van der Waals surface area contributed by atoms with Crippen molar-refractivity contribution in [3.8, 4) is 72.9 Å². The molecule has 1 amide bonds. The second kappa shape index (κ2) is 35.6. The lowest BCUT2D eigenvalue weighted by atomic mass is 9.92. The van der Waals surface area contributed by atoms with E-state index in [1.807, 2.05) is 145 Å². The molecule has 7 N–H and O–H groups in total. The van der Waals surface area contributed by atoms with Crippen molar-refractivity contribution in [2.45, 2.75) is 84.9 Å². The summed E-state index contributed by atoms with van der Waals surface area (Å²) in [4.78, 5) is 72.7. The van der Waals surface area contributed by atoms with E-state index in [0.717, 1.165) is 146 Å². The minimum absolute atomic E-state index is 0.000111. The first kappa shape index (κ1) is 86.4. The molecule has 0 bridgehead atoms. The molecule has 1 aliphatic carbocycles. The molecule has 131 heavy (non-hydrogen) atoms. The molecule has 20 rings (SSSR count).